The van der Waals surface area contributed by atoms with E-state index in [1.54, 1.807) is 0 Å². The average molecular weight is 557 g/mol. The highest BCUT2D eigenvalue weighted by Gasteiger charge is 2.26. The molecule has 1 aliphatic carbocycles. The zero-order valence-electron chi connectivity index (χ0n) is 23.9. The van der Waals surface area contributed by atoms with Gasteiger partial charge in [-0.05, 0) is 50.8 Å². The predicted octanol–water partition coefficient (Wildman–Crippen LogP) is 7.27. The maximum absolute atomic E-state index is 12.5. The molecule has 0 unspecified atom stereocenters. The van der Waals surface area contributed by atoms with Crippen LogP contribution >= 0.6 is 0 Å². The summed E-state index contributed by atoms with van der Waals surface area (Å²) in [6.07, 6.45) is 6.71. The minimum atomic E-state index is -4.09. The summed E-state index contributed by atoms with van der Waals surface area (Å²) < 4.78 is 39.8. The van der Waals surface area contributed by atoms with Crippen molar-refractivity contribution in [3.63, 3.8) is 0 Å². The smallest absolute Gasteiger partial charge is 0.352 e. The largest absolute Gasteiger partial charge is 0.389 e. The summed E-state index contributed by atoms with van der Waals surface area (Å²) in [4.78, 5) is 14.5. The van der Waals surface area contributed by atoms with Gasteiger partial charge in [0, 0.05) is 74.6 Å². The van der Waals surface area contributed by atoms with Crippen LogP contribution in [0.4, 0.5) is 19.1 Å². The topological polar surface area (TPSA) is 49.2 Å². The first kappa shape index (κ1) is 28.9. The van der Waals surface area contributed by atoms with Crippen molar-refractivity contribution < 1.29 is 13.2 Å². The first-order valence-corrected chi connectivity index (χ1v) is 15.0. The number of nitrogens with zero attached hydrogens (tertiary/aromatic N) is 5. The molecule has 3 aromatic rings. The lowest BCUT2D eigenvalue weighted by molar-refractivity contribution is -0.135. The van der Waals surface area contributed by atoms with Gasteiger partial charge < -0.3 is 14.8 Å². The number of hydrogen-bond acceptors (Lipinski definition) is 5. The summed E-state index contributed by atoms with van der Waals surface area (Å²) in [7, 11) is 2.18. The second kappa shape index (κ2) is 12.9. The van der Waals surface area contributed by atoms with E-state index in [-0.39, 0.29) is 12.5 Å². The number of halogens is 3. The Labute approximate surface area is 236 Å². The van der Waals surface area contributed by atoms with Crippen LogP contribution in [0.2, 0.25) is 0 Å². The second-order valence-corrected chi connectivity index (χ2v) is 11.9. The Hall–Kier alpha value is -2.65. The number of fused-ring (bicyclic) bond motifs is 1. The van der Waals surface area contributed by atoms with E-state index in [4.69, 9.17) is 4.98 Å². The highest BCUT2D eigenvalue weighted by atomic mass is 19.4. The van der Waals surface area contributed by atoms with Crippen LogP contribution in [0.15, 0.2) is 36.7 Å². The number of rotatable bonds is 10. The third kappa shape index (κ3) is 7.55. The van der Waals surface area contributed by atoms with Crippen LogP contribution in [0.5, 0.6) is 0 Å². The Morgan fingerprint density at radius 2 is 1.73 bits per heavy atom. The molecule has 1 N–H and O–H groups in total. The lowest BCUT2D eigenvalue weighted by atomic mass is 9.95. The summed E-state index contributed by atoms with van der Waals surface area (Å²) in [5.74, 6) is 0.542. The molecule has 218 valence electrons. The van der Waals surface area contributed by atoms with E-state index in [9.17, 15) is 13.2 Å². The van der Waals surface area contributed by atoms with Gasteiger partial charge in [0.1, 0.15) is 5.65 Å². The summed E-state index contributed by atoms with van der Waals surface area (Å²) in [5.41, 5.74) is 4.59. The van der Waals surface area contributed by atoms with Crippen molar-refractivity contribution >= 4 is 17.0 Å². The van der Waals surface area contributed by atoms with Gasteiger partial charge in [0.2, 0.25) is 5.95 Å². The molecular weight excluding hydrogens is 513 g/mol. The number of piperazine rings is 1. The standard InChI is InChI=1S/C31H43F3N6/c1-23(8-6-7-15-31(32,33)34)36-30-35-20-27-28(22-40(29(27)37-30)26-9-4-3-5-10-26)25-13-11-24(12-14-25)21-39-18-16-38(2)17-19-39/h11-14,20,22-23,26H,3-10,15-19,21H2,1-2H3,(H,35,36,37)/t23-/m0/s1. The molecule has 1 aromatic carbocycles. The fourth-order valence-corrected chi connectivity index (χ4v) is 6.09. The number of alkyl halides is 3. The zero-order valence-corrected chi connectivity index (χ0v) is 23.9. The van der Waals surface area contributed by atoms with Gasteiger partial charge in [-0.25, -0.2) is 4.98 Å². The Kier molecular flexibility index (Phi) is 9.31. The lowest BCUT2D eigenvalue weighted by Crippen LogP contribution is -2.43. The SMILES string of the molecule is C[C@@H](CCCCC(F)(F)F)Nc1ncc2c(-c3ccc(CN4CCN(C)CC4)cc3)cn(C3CCCCC3)c2n1. The molecule has 2 fully saturated rings. The molecule has 5 rings (SSSR count). The number of likely N-dealkylation sites (N-methyl/N-ethyl adjacent to an activating group) is 1. The molecule has 1 saturated heterocycles. The maximum atomic E-state index is 12.5. The number of hydrogen-bond donors (Lipinski definition) is 1. The summed E-state index contributed by atoms with van der Waals surface area (Å²) in [6, 6.07) is 9.35. The Morgan fingerprint density at radius 3 is 2.42 bits per heavy atom. The van der Waals surface area contributed by atoms with Crippen LogP contribution in [0.3, 0.4) is 0 Å². The van der Waals surface area contributed by atoms with Gasteiger partial charge in [-0.1, -0.05) is 49.9 Å². The van der Waals surface area contributed by atoms with Gasteiger partial charge in [0.15, 0.2) is 0 Å². The third-order valence-electron chi connectivity index (χ3n) is 8.53. The monoisotopic (exact) mass is 556 g/mol. The van der Waals surface area contributed by atoms with Gasteiger partial charge >= 0.3 is 6.18 Å². The highest BCUT2D eigenvalue weighted by Crippen LogP contribution is 2.37. The molecule has 9 heteroatoms. The van der Waals surface area contributed by atoms with Crippen LogP contribution in [-0.4, -0.2) is 69.8 Å². The van der Waals surface area contributed by atoms with Crippen LogP contribution in [-0.2, 0) is 6.54 Å². The molecule has 2 aliphatic rings. The molecule has 0 spiro atoms. The van der Waals surface area contributed by atoms with Gasteiger partial charge in [0.25, 0.3) is 0 Å². The molecule has 40 heavy (non-hydrogen) atoms. The zero-order chi connectivity index (χ0) is 28.1. The lowest BCUT2D eigenvalue weighted by Gasteiger charge is -2.32. The van der Waals surface area contributed by atoms with E-state index < -0.39 is 12.6 Å². The number of aromatic nitrogens is 3. The van der Waals surface area contributed by atoms with Crippen LogP contribution in [0, 0.1) is 0 Å². The quantitative estimate of drug-likeness (QED) is 0.266. The van der Waals surface area contributed by atoms with Gasteiger partial charge in [0.05, 0.1) is 0 Å². The molecule has 0 radical (unpaired) electrons. The minimum absolute atomic E-state index is 0.00362. The van der Waals surface area contributed by atoms with E-state index in [0.717, 1.165) is 62.2 Å². The fourth-order valence-electron chi connectivity index (χ4n) is 6.09. The number of nitrogens with one attached hydrogen (secondary N) is 1. The molecule has 2 aromatic heterocycles. The number of benzene rings is 1. The van der Waals surface area contributed by atoms with Crippen LogP contribution < -0.4 is 5.32 Å². The molecule has 1 atom stereocenters. The van der Waals surface area contributed by atoms with Crippen molar-refractivity contribution in [1.29, 1.82) is 0 Å². The first-order chi connectivity index (χ1) is 19.2. The number of anilines is 1. The van der Waals surface area contributed by atoms with Gasteiger partial charge in [-0.2, -0.15) is 18.2 Å². The molecule has 6 nitrogen and oxygen atoms in total. The Bertz CT molecular complexity index is 1220. The minimum Gasteiger partial charge on any atom is -0.352 e. The maximum Gasteiger partial charge on any atom is 0.389 e. The first-order valence-electron chi connectivity index (χ1n) is 15.0. The van der Waals surface area contributed by atoms with Crippen molar-refractivity contribution in [2.24, 2.45) is 0 Å². The summed E-state index contributed by atoms with van der Waals surface area (Å²) in [5, 5.41) is 4.38. The molecule has 0 amide bonds. The van der Waals surface area contributed by atoms with Crippen LogP contribution in [0.1, 0.15) is 76.3 Å². The van der Waals surface area contributed by atoms with Crippen molar-refractivity contribution in [2.75, 3.05) is 38.5 Å². The van der Waals surface area contributed by atoms with E-state index in [1.165, 1.54) is 30.4 Å². The van der Waals surface area contributed by atoms with Crippen molar-refractivity contribution in [3.8, 4) is 11.1 Å². The van der Waals surface area contributed by atoms with Gasteiger partial charge in [-0.15, -0.1) is 0 Å². The fraction of sp³-hybridized carbons (Fsp3) is 0.613. The van der Waals surface area contributed by atoms with E-state index in [1.807, 2.05) is 13.1 Å². The second-order valence-electron chi connectivity index (χ2n) is 11.9. The van der Waals surface area contributed by atoms with E-state index >= 15 is 0 Å². The van der Waals surface area contributed by atoms with Crippen molar-refractivity contribution in [3.05, 3.63) is 42.2 Å². The van der Waals surface area contributed by atoms with Gasteiger partial charge in [-0.3, -0.25) is 4.90 Å². The predicted molar refractivity (Wildman–Crippen MR) is 155 cm³/mol. The Morgan fingerprint density at radius 1 is 1.00 bits per heavy atom. The Balaban J connectivity index is 1.33. The van der Waals surface area contributed by atoms with Crippen LogP contribution in [0.25, 0.3) is 22.2 Å². The highest BCUT2D eigenvalue weighted by molar-refractivity contribution is 5.94. The van der Waals surface area contributed by atoms with E-state index in [2.05, 4.69) is 62.2 Å². The molecule has 1 saturated carbocycles. The summed E-state index contributed by atoms with van der Waals surface area (Å²) in [6.45, 7) is 7.40. The molecule has 0 bridgehead atoms. The summed E-state index contributed by atoms with van der Waals surface area (Å²) >= 11 is 0. The average Bonchev–Trinajstić information content (AvgIpc) is 3.32. The molecular formula is C31H43F3N6. The molecule has 3 heterocycles. The van der Waals surface area contributed by atoms with Crippen molar-refractivity contribution in [2.45, 2.75) is 89.5 Å². The third-order valence-corrected chi connectivity index (χ3v) is 8.53. The normalized spacial score (nSPS) is 18.8. The molecule has 1 aliphatic heterocycles. The van der Waals surface area contributed by atoms with E-state index in [0.29, 0.717) is 24.8 Å². The number of unbranched alkanes of at least 4 members (excludes halogenated alkanes) is 1. The van der Waals surface area contributed by atoms with Crippen molar-refractivity contribution in [1.82, 2.24) is 24.3 Å².